The van der Waals surface area contributed by atoms with Crippen molar-refractivity contribution in [1.29, 1.82) is 0 Å². The lowest BCUT2D eigenvalue weighted by atomic mass is 10.1. The van der Waals surface area contributed by atoms with Gasteiger partial charge in [0, 0.05) is 31.7 Å². The van der Waals surface area contributed by atoms with Crippen molar-refractivity contribution < 1.29 is 4.79 Å². The molecule has 1 fully saturated rings. The summed E-state index contributed by atoms with van der Waals surface area (Å²) >= 11 is 0. The van der Waals surface area contributed by atoms with Gasteiger partial charge >= 0.3 is 0 Å². The number of amides is 1. The minimum atomic E-state index is 0.226. The number of rotatable bonds is 4. The summed E-state index contributed by atoms with van der Waals surface area (Å²) in [5, 5.41) is 3.45. The molecule has 0 aromatic heterocycles. The highest BCUT2D eigenvalue weighted by Crippen LogP contribution is 2.07. The second kappa shape index (κ2) is 6.86. The van der Waals surface area contributed by atoms with E-state index in [0.717, 1.165) is 19.6 Å². The van der Waals surface area contributed by atoms with Gasteiger partial charge in [-0.25, -0.2) is 0 Å². The van der Waals surface area contributed by atoms with Crippen LogP contribution in [0.5, 0.6) is 0 Å². The summed E-state index contributed by atoms with van der Waals surface area (Å²) in [6, 6.07) is 11.0. The standard InChI is InChI=1S/C16H25N3O/c1-13-9-19(10-14(2)17-13)16(20)12-18(3)11-15-7-5-4-6-8-15/h4-8,13-14,17H,9-12H2,1-3H3/t13-,14-/m0/s1. The summed E-state index contributed by atoms with van der Waals surface area (Å²) in [5.74, 6) is 0.226. The van der Waals surface area contributed by atoms with E-state index in [-0.39, 0.29) is 5.91 Å². The van der Waals surface area contributed by atoms with Gasteiger partial charge in [-0.2, -0.15) is 0 Å². The molecule has 1 saturated heterocycles. The maximum absolute atomic E-state index is 12.3. The minimum Gasteiger partial charge on any atom is -0.338 e. The zero-order valence-electron chi connectivity index (χ0n) is 12.7. The van der Waals surface area contributed by atoms with Crippen LogP contribution >= 0.6 is 0 Å². The van der Waals surface area contributed by atoms with E-state index in [9.17, 15) is 4.79 Å². The van der Waals surface area contributed by atoms with Crippen molar-refractivity contribution in [2.45, 2.75) is 32.5 Å². The largest absolute Gasteiger partial charge is 0.338 e. The number of nitrogens with one attached hydrogen (secondary N) is 1. The number of nitrogens with zero attached hydrogens (tertiary/aromatic N) is 2. The number of hydrogen-bond donors (Lipinski definition) is 1. The number of benzene rings is 1. The Morgan fingerprint density at radius 2 is 1.85 bits per heavy atom. The van der Waals surface area contributed by atoms with Crippen LogP contribution in [0.2, 0.25) is 0 Å². The Morgan fingerprint density at radius 1 is 1.25 bits per heavy atom. The molecule has 1 aromatic rings. The molecule has 0 aliphatic carbocycles. The molecule has 2 atom stereocenters. The van der Waals surface area contributed by atoms with Crippen molar-refractivity contribution >= 4 is 5.91 Å². The summed E-state index contributed by atoms with van der Waals surface area (Å²) < 4.78 is 0. The van der Waals surface area contributed by atoms with Gasteiger partial charge in [0.15, 0.2) is 0 Å². The highest BCUT2D eigenvalue weighted by Gasteiger charge is 2.25. The molecule has 1 aromatic carbocycles. The van der Waals surface area contributed by atoms with Crippen LogP contribution < -0.4 is 5.32 Å². The highest BCUT2D eigenvalue weighted by molar-refractivity contribution is 5.78. The first-order chi connectivity index (χ1) is 9.54. The van der Waals surface area contributed by atoms with Crippen LogP contribution in [0.4, 0.5) is 0 Å². The molecule has 0 bridgehead atoms. The number of carbonyl (C=O) groups is 1. The summed E-state index contributed by atoms with van der Waals surface area (Å²) in [4.78, 5) is 16.4. The smallest absolute Gasteiger partial charge is 0.236 e. The van der Waals surface area contributed by atoms with Gasteiger partial charge in [-0.05, 0) is 26.5 Å². The Balaban J connectivity index is 1.84. The van der Waals surface area contributed by atoms with Crippen molar-refractivity contribution in [1.82, 2.24) is 15.1 Å². The van der Waals surface area contributed by atoms with Gasteiger partial charge < -0.3 is 10.2 Å². The molecule has 1 aliphatic heterocycles. The Labute approximate surface area is 121 Å². The topological polar surface area (TPSA) is 35.6 Å². The fraction of sp³-hybridized carbons (Fsp3) is 0.562. The average Bonchev–Trinajstić information content (AvgIpc) is 2.38. The van der Waals surface area contributed by atoms with Gasteiger partial charge in [-0.3, -0.25) is 9.69 Å². The summed E-state index contributed by atoms with van der Waals surface area (Å²) in [5.41, 5.74) is 1.24. The molecule has 0 unspecified atom stereocenters. The van der Waals surface area contributed by atoms with Gasteiger partial charge in [-0.15, -0.1) is 0 Å². The minimum absolute atomic E-state index is 0.226. The summed E-state index contributed by atoms with van der Waals surface area (Å²) in [7, 11) is 2.00. The molecule has 1 aliphatic rings. The zero-order chi connectivity index (χ0) is 14.5. The summed E-state index contributed by atoms with van der Waals surface area (Å²) in [6.45, 7) is 7.16. The van der Waals surface area contributed by atoms with Gasteiger partial charge in [0.2, 0.25) is 5.91 Å². The van der Waals surface area contributed by atoms with E-state index in [1.54, 1.807) is 0 Å². The average molecular weight is 275 g/mol. The molecular formula is C16H25N3O. The monoisotopic (exact) mass is 275 g/mol. The number of carbonyl (C=O) groups excluding carboxylic acids is 1. The van der Waals surface area contributed by atoms with Gasteiger partial charge in [-0.1, -0.05) is 30.3 Å². The molecule has 0 radical (unpaired) electrons. The van der Waals surface area contributed by atoms with Crippen LogP contribution in [0.1, 0.15) is 19.4 Å². The van der Waals surface area contributed by atoms with Crippen LogP contribution in [-0.4, -0.2) is 54.5 Å². The van der Waals surface area contributed by atoms with E-state index >= 15 is 0 Å². The summed E-state index contributed by atoms with van der Waals surface area (Å²) in [6.07, 6.45) is 0. The predicted molar refractivity (Wildman–Crippen MR) is 81.4 cm³/mol. The van der Waals surface area contributed by atoms with Crippen molar-refractivity contribution in [2.24, 2.45) is 0 Å². The van der Waals surface area contributed by atoms with Crippen LogP contribution in [0.25, 0.3) is 0 Å². The van der Waals surface area contributed by atoms with Crippen LogP contribution in [0.15, 0.2) is 30.3 Å². The van der Waals surface area contributed by atoms with Gasteiger partial charge in [0.1, 0.15) is 0 Å². The molecule has 110 valence electrons. The van der Waals surface area contributed by atoms with Crippen molar-refractivity contribution in [2.75, 3.05) is 26.7 Å². The molecule has 0 saturated carbocycles. The lowest BCUT2D eigenvalue weighted by Gasteiger charge is -2.36. The molecule has 20 heavy (non-hydrogen) atoms. The molecule has 2 rings (SSSR count). The number of hydrogen-bond acceptors (Lipinski definition) is 3. The molecule has 1 amide bonds. The van der Waals surface area contributed by atoms with Crippen LogP contribution in [0.3, 0.4) is 0 Å². The van der Waals surface area contributed by atoms with E-state index < -0.39 is 0 Å². The first kappa shape index (κ1) is 15.0. The lowest BCUT2D eigenvalue weighted by Crippen LogP contribution is -2.57. The van der Waals surface area contributed by atoms with Crippen LogP contribution in [-0.2, 0) is 11.3 Å². The van der Waals surface area contributed by atoms with Crippen molar-refractivity contribution in [3.63, 3.8) is 0 Å². The molecular weight excluding hydrogens is 250 g/mol. The maximum Gasteiger partial charge on any atom is 0.236 e. The third-order valence-corrected chi connectivity index (χ3v) is 3.61. The second-order valence-corrected chi connectivity index (χ2v) is 5.93. The Morgan fingerprint density at radius 3 is 2.45 bits per heavy atom. The highest BCUT2D eigenvalue weighted by atomic mass is 16.2. The van der Waals surface area contributed by atoms with Gasteiger partial charge in [0.25, 0.3) is 0 Å². The molecule has 1 N–H and O–H groups in total. The quantitative estimate of drug-likeness (QED) is 0.900. The van der Waals surface area contributed by atoms with Crippen molar-refractivity contribution in [3.05, 3.63) is 35.9 Å². The van der Waals surface area contributed by atoms with E-state index in [0.29, 0.717) is 18.6 Å². The number of piperazine rings is 1. The fourth-order valence-electron chi connectivity index (χ4n) is 2.81. The molecule has 1 heterocycles. The third-order valence-electron chi connectivity index (χ3n) is 3.61. The zero-order valence-corrected chi connectivity index (χ0v) is 12.7. The van der Waals surface area contributed by atoms with E-state index in [4.69, 9.17) is 0 Å². The van der Waals surface area contributed by atoms with E-state index in [1.807, 2.05) is 30.1 Å². The molecule has 0 spiro atoms. The van der Waals surface area contributed by atoms with Crippen LogP contribution in [0, 0.1) is 0 Å². The predicted octanol–water partition coefficient (Wildman–Crippen LogP) is 1.33. The first-order valence-electron chi connectivity index (χ1n) is 7.31. The second-order valence-electron chi connectivity index (χ2n) is 5.93. The molecule has 4 heteroatoms. The SMILES string of the molecule is C[C@H]1CN(C(=O)CN(C)Cc2ccccc2)C[C@H](C)N1. The maximum atomic E-state index is 12.3. The fourth-order valence-corrected chi connectivity index (χ4v) is 2.81. The first-order valence-corrected chi connectivity index (χ1v) is 7.31. The Bertz CT molecular complexity index is 425. The van der Waals surface area contributed by atoms with Gasteiger partial charge in [0.05, 0.1) is 6.54 Å². The van der Waals surface area contributed by atoms with E-state index in [1.165, 1.54) is 5.56 Å². The molecule has 4 nitrogen and oxygen atoms in total. The Hall–Kier alpha value is -1.39. The lowest BCUT2D eigenvalue weighted by molar-refractivity contribution is -0.134. The van der Waals surface area contributed by atoms with Crippen molar-refractivity contribution in [3.8, 4) is 0 Å². The normalized spacial score (nSPS) is 23.1. The number of likely N-dealkylation sites (N-methyl/N-ethyl adjacent to an activating group) is 1. The van der Waals surface area contributed by atoms with E-state index in [2.05, 4.69) is 36.2 Å². The third kappa shape index (κ3) is 4.32. The Kier molecular flexibility index (Phi) is 5.15.